The van der Waals surface area contributed by atoms with Gasteiger partial charge in [-0.15, -0.1) is 11.8 Å². The van der Waals surface area contributed by atoms with Gasteiger partial charge in [-0.05, 0) is 60.2 Å². The topological polar surface area (TPSA) is 58.2 Å². The molecule has 182 valence electrons. The number of thioether (sulfide) groups is 1. The summed E-state index contributed by atoms with van der Waals surface area (Å²) in [5.41, 5.74) is 3.74. The zero-order chi connectivity index (χ0) is 24.6. The van der Waals surface area contributed by atoms with Crippen molar-refractivity contribution in [3.05, 3.63) is 90.0 Å². The molecule has 2 N–H and O–H groups in total. The van der Waals surface area contributed by atoms with E-state index in [1.807, 2.05) is 66.7 Å². The van der Waals surface area contributed by atoms with Crippen molar-refractivity contribution in [3.8, 4) is 0 Å². The summed E-state index contributed by atoms with van der Waals surface area (Å²) in [7, 11) is 0. The molecule has 1 aliphatic rings. The van der Waals surface area contributed by atoms with Crippen LogP contribution in [0.3, 0.4) is 0 Å². The molecule has 0 aromatic heterocycles. The number of anilines is 2. The Morgan fingerprint density at radius 2 is 1.49 bits per heavy atom. The number of hydrogen-bond acceptors (Lipinski definition) is 3. The van der Waals surface area contributed by atoms with E-state index in [4.69, 9.17) is 0 Å². The van der Waals surface area contributed by atoms with Crippen molar-refractivity contribution in [2.45, 2.75) is 62.0 Å². The molecule has 1 fully saturated rings. The van der Waals surface area contributed by atoms with E-state index in [-0.39, 0.29) is 17.7 Å². The number of rotatable bonds is 8. The minimum atomic E-state index is -0.426. The monoisotopic (exact) mass is 486 g/mol. The highest BCUT2D eigenvalue weighted by molar-refractivity contribution is 8.00. The number of amides is 2. The number of benzene rings is 3. The third kappa shape index (κ3) is 6.98. The second-order valence-corrected chi connectivity index (χ2v) is 10.7. The highest BCUT2D eigenvalue weighted by atomic mass is 32.2. The van der Waals surface area contributed by atoms with Crippen LogP contribution in [-0.2, 0) is 9.59 Å². The lowest BCUT2D eigenvalue weighted by Crippen LogP contribution is -2.24. The lowest BCUT2D eigenvalue weighted by Gasteiger charge is -2.21. The van der Waals surface area contributed by atoms with E-state index in [0.29, 0.717) is 5.92 Å². The summed E-state index contributed by atoms with van der Waals surface area (Å²) in [5.74, 6) is 0.576. The van der Waals surface area contributed by atoms with Crippen LogP contribution in [0.15, 0.2) is 83.8 Å². The van der Waals surface area contributed by atoms with Gasteiger partial charge in [0.25, 0.3) is 0 Å². The molecule has 0 radical (unpaired) electrons. The minimum Gasteiger partial charge on any atom is -0.326 e. The van der Waals surface area contributed by atoms with Gasteiger partial charge in [0, 0.05) is 22.2 Å². The van der Waals surface area contributed by atoms with Crippen molar-refractivity contribution >= 4 is 35.0 Å². The largest absolute Gasteiger partial charge is 0.326 e. The van der Waals surface area contributed by atoms with Crippen molar-refractivity contribution in [1.29, 1.82) is 0 Å². The molecule has 1 aliphatic carbocycles. The maximum atomic E-state index is 13.4. The molecule has 0 heterocycles. The van der Waals surface area contributed by atoms with E-state index < -0.39 is 5.25 Å². The molecule has 5 heteroatoms. The molecular weight excluding hydrogens is 452 g/mol. The van der Waals surface area contributed by atoms with Crippen LogP contribution in [0, 0.1) is 5.92 Å². The van der Waals surface area contributed by atoms with Crippen molar-refractivity contribution in [1.82, 2.24) is 0 Å². The molecule has 0 bridgehead atoms. The Morgan fingerprint density at radius 1 is 0.771 bits per heavy atom. The van der Waals surface area contributed by atoms with Gasteiger partial charge in [-0.1, -0.05) is 81.6 Å². The summed E-state index contributed by atoms with van der Waals surface area (Å²) >= 11 is 1.49. The summed E-state index contributed by atoms with van der Waals surface area (Å²) in [6.45, 7) is 4.31. The van der Waals surface area contributed by atoms with Gasteiger partial charge in [0.2, 0.25) is 11.8 Å². The van der Waals surface area contributed by atoms with E-state index in [0.717, 1.165) is 47.5 Å². The van der Waals surface area contributed by atoms with Gasteiger partial charge in [0.05, 0.1) is 0 Å². The fourth-order valence-electron chi connectivity index (χ4n) is 4.45. The Morgan fingerprint density at radius 3 is 2.17 bits per heavy atom. The molecule has 4 nitrogen and oxygen atoms in total. The highest BCUT2D eigenvalue weighted by Crippen LogP contribution is 2.37. The third-order valence-electron chi connectivity index (χ3n) is 6.52. The number of hydrogen-bond donors (Lipinski definition) is 2. The summed E-state index contributed by atoms with van der Waals surface area (Å²) in [6, 6.07) is 25.7. The third-order valence-corrected chi connectivity index (χ3v) is 7.76. The van der Waals surface area contributed by atoms with Gasteiger partial charge in [0.1, 0.15) is 5.25 Å². The van der Waals surface area contributed by atoms with Crippen LogP contribution in [0.4, 0.5) is 11.4 Å². The normalized spacial score (nSPS) is 14.9. The first-order valence-corrected chi connectivity index (χ1v) is 13.4. The van der Waals surface area contributed by atoms with Crippen LogP contribution in [0.2, 0.25) is 0 Å². The van der Waals surface area contributed by atoms with E-state index in [1.54, 1.807) is 0 Å². The van der Waals surface area contributed by atoms with Crippen molar-refractivity contribution in [2.24, 2.45) is 5.92 Å². The summed E-state index contributed by atoms with van der Waals surface area (Å²) in [5, 5.41) is 5.76. The van der Waals surface area contributed by atoms with Crippen LogP contribution >= 0.6 is 11.8 Å². The average molecular weight is 487 g/mol. The average Bonchev–Trinajstić information content (AvgIpc) is 2.89. The first-order valence-electron chi connectivity index (χ1n) is 12.5. The van der Waals surface area contributed by atoms with Crippen LogP contribution in [0.5, 0.6) is 0 Å². The van der Waals surface area contributed by atoms with Gasteiger partial charge in [-0.25, -0.2) is 0 Å². The lowest BCUT2D eigenvalue weighted by molar-refractivity contribution is -0.120. The Labute approximate surface area is 212 Å². The molecule has 2 amide bonds. The fourth-order valence-corrected chi connectivity index (χ4v) is 5.54. The van der Waals surface area contributed by atoms with E-state index in [9.17, 15) is 9.59 Å². The van der Waals surface area contributed by atoms with Crippen molar-refractivity contribution < 1.29 is 9.59 Å². The number of nitrogens with one attached hydrogen (secondary N) is 2. The molecule has 35 heavy (non-hydrogen) atoms. The van der Waals surface area contributed by atoms with Crippen molar-refractivity contribution in [3.63, 3.8) is 0 Å². The maximum Gasteiger partial charge on any atom is 0.242 e. The standard InChI is InChI=1S/C30H34N2O2S/c1-21(2)22-16-18-25(19-17-22)31-30(34)28(23-10-5-3-6-11-23)35-27-15-9-14-26(20-27)32-29(33)24-12-7-4-8-13-24/h3,5-6,9-11,14-21,24,28H,4,7-8,12-13H2,1-2H3,(H,31,34)(H,32,33). The summed E-state index contributed by atoms with van der Waals surface area (Å²) < 4.78 is 0. The predicted octanol–water partition coefficient (Wildman–Crippen LogP) is 7.80. The smallest absolute Gasteiger partial charge is 0.242 e. The summed E-state index contributed by atoms with van der Waals surface area (Å²) in [6.07, 6.45) is 5.41. The Kier molecular flexibility index (Phi) is 8.64. The number of carbonyl (C=O) groups excluding carboxylic acids is 2. The van der Waals surface area contributed by atoms with Crippen molar-refractivity contribution in [2.75, 3.05) is 10.6 Å². The highest BCUT2D eigenvalue weighted by Gasteiger charge is 2.24. The molecule has 1 saturated carbocycles. The second kappa shape index (κ2) is 12.1. The second-order valence-electron chi connectivity index (χ2n) is 9.53. The molecule has 0 aliphatic heterocycles. The molecule has 4 rings (SSSR count). The molecule has 1 unspecified atom stereocenters. The quantitative estimate of drug-likeness (QED) is 0.319. The Hall–Kier alpha value is -3.05. The SMILES string of the molecule is CC(C)c1ccc(NC(=O)C(Sc2cccc(NC(=O)C3CCCCC3)c2)c2ccccc2)cc1. The van der Waals surface area contributed by atoms with E-state index in [2.05, 4.69) is 36.6 Å². The van der Waals surface area contributed by atoms with Gasteiger partial charge in [0.15, 0.2) is 0 Å². The van der Waals surface area contributed by atoms with E-state index in [1.165, 1.54) is 23.7 Å². The molecule has 3 aromatic carbocycles. The molecule has 0 saturated heterocycles. The predicted molar refractivity (Wildman–Crippen MR) is 146 cm³/mol. The number of carbonyl (C=O) groups is 2. The minimum absolute atomic E-state index is 0.0739. The van der Waals surface area contributed by atoms with Gasteiger partial charge < -0.3 is 10.6 Å². The maximum absolute atomic E-state index is 13.4. The summed E-state index contributed by atoms with van der Waals surface area (Å²) in [4.78, 5) is 27.1. The molecule has 3 aromatic rings. The van der Waals surface area contributed by atoms with Gasteiger partial charge >= 0.3 is 0 Å². The van der Waals surface area contributed by atoms with Gasteiger partial charge in [-0.3, -0.25) is 9.59 Å². The first-order chi connectivity index (χ1) is 17.0. The Balaban J connectivity index is 1.49. The Bertz CT molecular complexity index is 1120. The zero-order valence-electron chi connectivity index (χ0n) is 20.5. The van der Waals surface area contributed by atoms with Crippen LogP contribution in [-0.4, -0.2) is 11.8 Å². The van der Waals surface area contributed by atoms with E-state index >= 15 is 0 Å². The van der Waals surface area contributed by atoms with Gasteiger partial charge in [-0.2, -0.15) is 0 Å². The molecule has 1 atom stereocenters. The lowest BCUT2D eigenvalue weighted by atomic mass is 9.88. The first kappa shape index (κ1) is 25.1. The zero-order valence-corrected chi connectivity index (χ0v) is 21.3. The fraction of sp³-hybridized carbons (Fsp3) is 0.333. The van der Waals surface area contributed by atoms with Crippen LogP contribution < -0.4 is 10.6 Å². The van der Waals surface area contributed by atoms with Crippen LogP contribution in [0.25, 0.3) is 0 Å². The molecular formula is C30H34N2O2S. The van der Waals surface area contributed by atoms with Crippen LogP contribution in [0.1, 0.15) is 68.2 Å². The molecule has 0 spiro atoms.